The fraction of sp³-hybridized carbons (Fsp3) is 0.650. The lowest BCUT2D eigenvalue weighted by molar-refractivity contribution is -0.138. The molecule has 1 amide bonds. The van der Waals surface area contributed by atoms with Crippen LogP contribution < -0.4 is 0 Å². The maximum Gasteiger partial charge on any atom is 0.233 e. The van der Waals surface area contributed by atoms with Gasteiger partial charge in [0, 0.05) is 31.2 Å². The minimum absolute atomic E-state index is 0.0234. The van der Waals surface area contributed by atoms with Crippen molar-refractivity contribution in [1.29, 1.82) is 0 Å². The molecule has 5 nitrogen and oxygen atoms in total. The van der Waals surface area contributed by atoms with Gasteiger partial charge in [-0.25, -0.2) is 12.7 Å². The Morgan fingerprint density at radius 1 is 1.26 bits per heavy atom. The van der Waals surface area contributed by atoms with Crippen molar-refractivity contribution in [2.45, 2.75) is 56.9 Å². The molecule has 1 aromatic rings. The van der Waals surface area contributed by atoms with E-state index in [1.165, 1.54) is 4.31 Å². The van der Waals surface area contributed by atoms with Crippen molar-refractivity contribution in [3.8, 4) is 0 Å². The number of carbonyl (C=O) groups excluding carboxylic acids is 1. The third kappa shape index (κ3) is 4.03. The van der Waals surface area contributed by atoms with Crippen LogP contribution >= 0.6 is 11.6 Å². The quantitative estimate of drug-likeness (QED) is 0.744. The van der Waals surface area contributed by atoms with Gasteiger partial charge in [-0.15, -0.1) is 0 Å². The van der Waals surface area contributed by atoms with Gasteiger partial charge in [-0.1, -0.05) is 36.6 Å². The van der Waals surface area contributed by atoms with Crippen LogP contribution in [0.15, 0.2) is 24.3 Å². The van der Waals surface area contributed by atoms with E-state index >= 15 is 0 Å². The molecule has 1 saturated heterocycles. The van der Waals surface area contributed by atoms with E-state index in [0.29, 0.717) is 31.0 Å². The van der Waals surface area contributed by atoms with Crippen LogP contribution in [-0.2, 0) is 20.2 Å². The van der Waals surface area contributed by atoms with E-state index in [4.69, 9.17) is 11.6 Å². The molecule has 27 heavy (non-hydrogen) atoms. The number of sulfonamides is 1. The summed E-state index contributed by atoms with van der Waals surface area (Å²) in [6, 6.07) is 7.68. The van der Waals surface area contributed by atoms with Gasteiger partial charge in [0.25, 0.3) is 0 Å². The van der Waals surface area contributed by atoms with Crippen molar-refractivity contribution in [2.75, 3.05) is 25.9 Å². The van der Waals surface area contributed by atoms with Crippen molar-refractivity contribution < 1.29 is 13.2 Å². The molecule has 2 fully saturated rings. The summed E-state index contributed by atoms with van der Waals surface area (Å²) < 4.78 is 25.7. The number of hydrogen-bond acceptors (Lipinski definition) is 3. The number of likely N-dealkylation sites (tertiary alicyclic amines) is 1. The van der Waals surface area contributed by atoms with Crippen LogP contribution in [0.4, 0.5) is 0 Å². The van der Waals surface area contributed by atoms with Crippen LogP contribution in [0.5, 0.6) is 0 Å². The minimum Gasteiger partial charge on any atom is -0.342 e. The van der Waals surface area contributed by atoms with Crippen LogP contribution in [0.1, 0.15) is 51.0 Å². The van der Waals surface area contributed by atoms with Gasteiger partial charge in [0.05, 0.1) is 11.2 Å². The Balaban J connectivity index is 1.74. The van der Waals surface area contributed by atoms with Crippen molar-refractivity contribution >= 4 is 27.5 Å². The number of halogens is 1. The molecule has 0 spiro atoms. The van der Waals surface area contributed by atoms with E-state index in [0.717, 1.165) is 31.2 Å². The monoisotopic (exact) mass is 412 g/mol. The standard InChI is InChI=1S/C20H29ClN2O3S/c1-3-27(25,26)22(2)18-9-13-23(14-10-18)19(24)20(11-4-5-12-20)16-7-6-8-17(21)15-16/h6-8,15,18H,3-5,9-14H2,1-2H3. The highest BCUT2D eigenvalue weighted by Crippen LogP contribution is 2.43. The zero-order chi connectivity index (χ0) is 19.7. The lowest BCUT2D eigenvalue weighted by Gasteiger charge is -2.40. The molecule has 0 unspecified atom stereocenters. The highest BCUT2D eigenvalue weighted by atomic mass is 35.5. The van der Waals surface area contributed by atoms with Crippen LogP contribution in [0.25, 0.3) is 0 Å². The first kappa shape index (κ1) is 20.6. The number of rotatable bonds is 5. The van der Waals surface area contributed by atoms with E-state index in [1.54, 1.807) is 14.0 Å². The van der Waals surface area contributed by atoms with Crippen LogP contribution in [0.3, 0.4) is 0 Å². The maximum absolute atomic E-state index is 13.5. The summed E-state index contributed by atoms with van der Waals surface area (Å²) in [5.74, 6) is 0.294. The number of piperidine rings is 1. The van der Waals surface area contributed by atoms with Crippen LogP contribution in [0.2, 0.25) is 5.02 Å². The smallest absolute Gasteiger partial charge is 0.233 e. The summed E-state index contributed by atoms with van der Waals surface area (Å²) in [4.78, 5) is 15.5. The van der Waals surface area contributed by atoms with Crippen LogP contribution in [-0.4, -0.2) is 55.5 Å². The Labute approximate surface area is 167 Å². The molecule has 3 rings (SSSR count). The van der Waals surface area contributed by atoms with Crippen molar-refractivity contribution in [2.24, 2.45) is 0 Å². The molecule has 0 N–H and O–H groups in total. The molecule has 7 heteroatoms. The normalized spacial score (nSPS) is 21.0. The number of amides is 1. The third-order valence-corrected chi connectivity index (χ3v) is 8.45. The fourth-order valence-corrected chi connectivity index (χ4v) is 5.82. The molecular formula is C20H29ClN2O3S. The summed E-state index contributed by atoms with van der Waals surface area (Å²) in [6.45, 7) is 2.88. The van der Waals surface area contributed by atoms with Gasteiger partial charge in [0.2, 0.25) is 15.9 Å². The zero-order valence-corrected chi connectivity index (χ0v) is 17.7. The highest BCUT2D eigenvalue weighted by molar-refractivity contribution is 7.89. The van der Waals surface area contributed by atoms with E-state index < -0.39 is 15.4 Å². The molecule has 1 aromatic carbocycles. The Morgan fingerprint density at radius 2 is 1.89 bits per heavy atom. The Hall–Kier alpha value is -1.11. The molecule has 0 atom stereocenters. The largest absolute Gasteiger partial charge is 0.342 e. The van der Waals surface area contributed by atoms with E-state index in [1.807, 2.05) is 29.2 Å². The van der Waals surface area contributed by atoms with Gasteiger partial charge in [-0.3, -0.25) is 4.79 Å². The van der Waals surface area contributed by atoms with Crippen molar-refractivity contribution in [3.63, 3.8) is 0 Å². The third-order valence-electron chi connectivity index (χ3n) is 6.31. The average Bonchev–Trinajstić information content (AvgIpc) is 3.18. The predicted octanol–water partition coefficient (Wildman–Crippen LogP) is 3.42. The fourth-order valence-electron chi connectivity index (χ4n) is 4.56. The van der Waals surface area contributed by atoms with Gasteiger partial charge in [-0.2, -0.15) is 0 Å². The second-order valence-corrected chi connectivity index (χ2v) is 10.5. The lowest BCUT2D eigenvalue weighted by Crippen LogP contribution is -2.52. The molecule has 1 saturated carbocycles. The van der Waals surface area contributed by atoms with E-state index in [2.05, 4.69) is 0 Å². The topological polar surface area (TPSA) is 57.7 Å². The molecule has 0 bridgehead atoms. The van der Waals surface area contributed by atoms with Gasteiger partial charge in [-0.05, 0) is 50.3 Å². The second kappa shape index (κ2) is 8.10. The Kier molecular flexibility index (Phi) is 6.18. The summed E-state index contributed by atoms with van der Waals surface area (Å²) >= 11 is 6.20. The Bertz CT molecular complexity index is 782. The SMILES string of the molecule is CCS(=O)(=O)N(C)C1CCN(C(=O)C2(c3cccc(Cl)c3)CCCC2)CC1. The van der Waals surface area contributed by atoms with Gasteiger partial charge in [0.1, 0.15) is 0 Å². The van der Waals surface area contributed by atoms with E-state index in [9.17, 15) is 13.2 Å². The van der Waals surface area contributed by atoms with Crippen molar-refractivity contribution in [3.05, 3.63) is 34.9 Å². The average molecular weight is 413 g/mol. The maximum atomic E-state index is 13.5. The first-order valence-corrected chi connectivity index (χ1v) is 11.8. The summed E-state index contributed by atoms with van der Waals surface area (Å²) in [5.41, 5.74) is 0.546. The molecule has 0 aromatic heterocycles. The first-order chi connectivity index (χ1) is 12.8. The van der Waals surface area contributed by atoms with E-state index in [-0.39, 0.29) is 17.7 Å². The van der Waals surface area contributed by atoms with Crippen LogP contribution in [0, 0.1) is 0 Å². The van der Waals surface area contributed by atoms with Gasteiger partial charge in [0.15, 0.2) is 0 Å². The molecule has 0 radical (unpaired) electrons. The van der Waals surface area contributed by atoms with Crippen molar-refractivity contribution in [1.82, 2.24) is 9.21 Å². The molecule has 150 valence electrons. The number of hydrogen-bond donors (Lipinski definition) is 0. The number of benzene rings is 1. The zero-order valence-electron chi connectivity index (χ0n) is 16.2. The Morgan fingerprint density at radius 3 is 2.44 bits per heavy atom. The summed E-state index contributed by atoms with van der Waals surface area (Å²) in [6.07, 6.45) is 5.19. The molecule has 2 aliphatic rings. The predicted molar refractivity (Wildman–Crippen MR) is 108 cm³/mol. The molecular weight excluding hydrogens is 384 g/mol. The lowest BCUT2D eigenvalue weighted by atomic mass is 9.77. The second-order valence-electron chi connectivity index (χ2n) is 7.74. The summed E-state index contributed by atoms with van der Waals surface area (Å²) in [7, 11) is -1.54. The molecule has 1 heterocycles. The first-order valence-electron chi connectivity index (χ1n) is 9.81. The minimum atomic E-state index is -3.20. The molecule has 1 aliphatic carbocycles. The van der Waals surface area contributed by atoms with Gasteiger partial charge >= 0.3 is 0 Å². The number of carbonyl (C=O) groups is 1. The summed E-state index contributed by atoms with van der Waals surface area (Å²) in [5, 5.41) is 0.664. The number of nitrogens with zero attached hydrogens (tertiary/aromatic N) is 2. The highest BCUT2D eigenvalue weighted by Gasteiger charge is 2.45. The van der Waals surface area contributed by atoms with Gasteiger partial charge < -0.3 is 4.90 Å². The molecule has 1 aliphatic heterocycles.